The van der Waals surface area contributed by atoms with Gasteiger partial charge in [0.25, 0.3) is 5.91 Å². The molecule has 0 aromatic heterocycles. The van der Waals surface area contributed by atoms with E-state index in [2.05, 4.69) is 36.5 Å². The first-order valence-corrected chi connectivity index (χ1v) is 7.66. The highest BCUT2D eigenvalue weighted by molar-refractivity contribution is 5.82. The molecule has 0 bridgehead atoms. The first-order chi connectivity index (χ1) is 11.0. The predicted molar refractivity (Wildman–Crippen MR) is 92.9 cm³/mol. The fourth-order valence-corrected chi connectivity index (χ4v) is 2.03. The molecule has 1 amide bonds. The van der Waals surface area contributed by atoms with Crippen molar-refractivity contribution in [3.8, 4) is 5.75 Å². The maximum absolute atomic E-state index is 11.7. The SMILES string of the molecule is Cc1cccc(OCC(=O)NN=Cc2ccc(C(C)C)cc2)c1. The molecule has 0 aliphatic heterocycles. The van der Waals surface area contributed by atoms with Crippen LogP contribution in [0.15, 0.2) is 53.6 Å². The molecule has 2 rings (SSSR count). The largest absolute Gasteiger partial charge is 0.484 e. The lowest BCUT2D eigenvalue weighted by molar-refractivity contribution is -0.123. The van der Waals surface area contributed by atoms with Crippen molar-refractivity contribution in [1.82, 2.24) is 5.43 Å². The highest BCUT2D eigenvalue weighted by Crippen LogP contribution is 2.14. The van der Waals surface area contributed by atoms with Gasteiger partial charge in [-0.25, -0.2) is 5.43 Å². The maximum Gasteiger partial charge on any atom is 0.277 e. The van der Waals surface area contributed by atoms with Crippen molar-refractivity contribution in [2.24, 2.45) is 5.10 Å². The number of hydrogen-bond donors (Lipinski definition) is 1. The number of hydrazone groups is 1. The number of rotatable bonds is 6. The highest BCUT2D eigenvalue weighted by Gasteiger charge is 2.01. The third-order valence-corrected chi connectivity index (χ3v) is 3.37. The van der Waals surface area contributed by atoms with Crippen molar-refractivity contribution >= 4 is 12.1 Å². The van der Waals surface area contributed by atoms with Crippen molar-refractivity contribution in [2.45, 2.75) is 26.7 Å². The van der Waals surface area contributed by atoms with Gasteiger partial charge in [0.2, 0.25) is 0 Å². The average Bonchev–Trinajstić information content (AvgIpc) is 2.53. The Morgan fingerprint density at radius 1 is 1.22 bits per heavy atom. The molecule has 0 fully saturated rings. The van der Waals surface area contributed by atoms with Gasteiger partial charge < -0.3 is 4.74 Å². The van der Waals surface area contributed by atoms with E-state index < -0.39 is 0 Å². The quantitative estimate of drug-likeness (QED) is 0.654. The zero-order chi connectivity index (χ0) is 16.7. The normalized spacial score (nSPS) is 11.0. The third kappa shape index (κ3) is 5.58. The van der Waals surface area contributed by atoms with Crippen LogP contribution in [0.25, 0.3) is 0 Å². The van der Waals surface area contributed by atoms with Crippen LogP contribution in [0.2, 0.25) is 0 Å². The molecular weight excluding hydrogens is 288 g/mol. The van der Waals surface area contributed by atoms with Gasteiger partial charge in [-0.3, -0.25) is 4.79 Å². The Bertz CT molecular complexity index is 676. The van der Waals surface area contributed by atoms with E-state index in [0.29, 0.717) is 11.7 Å². The molecule has 0 heterocycles. The second kappa shape index (κ2) is 8.13. The van der Waals surface area contributed by atoms with Crippen LogP contribution >= 0.6 is 0 Å². The minimum absolute atomic E-state index is 0.0624. The zero-order valence-electron chi connectivity index (χ0n) is 13.7. The second-order valence-electron chi connectivity index (χ2n) is 5.72. The Labute approximate surface area is 137 Å². The summed E-state index contributed by atoms with van der Waals surface area (Å²) in [7, 11) is 0. The molecule has 0 saturated carbocycles. The van der Waals surface area contributed by atoms with E-state index in [1.165, 1.54) is 5.56 Å². The standard InChI is InChI=1S/C19H22N2O2/c1-14(2)17-9-7-16(8-10-17)12-20-21-19(22)13-23-18-6-4-5-15(3)11-18/h4-12,14H,13H2,1-3H3,(H,21,22). The average molecular weight is 310 g/mol. The van der Waals surface area contributed by atoms with E-state index >= 15 is 0 Å². The van der Waals surface area contributed by atoms with Gasteiger partial charge in [0.1, 0.15) is 5.75 Å². The minimum atomic E-state index is -0.290. The lowest BCUT2D eigenvalue weighted by atomic mass is 10.0. The summed E-state index contributed by atoms with van der Waals surface area (Å²) in [6.07, 6.45) is 1.62. The summed E-state index contributed by atoms with van der Waals surface area (Å²) in [5.41, 5.74) is 5.76. The smallest absolute Gasteiger partial charge is 0.277 e. The van der Waals surface area contributed by atoms with Gasteiger partial charge in [0, 0.05) is 0 Å². The molecular formula is C19H22N2O2. The second-order valence-corrected chi connectivity index (χ2v) is 5.72. The van der Waals surface area contributed by atoms with Crippen LogP contribution < -0.4 is 10.2 Å². The van der Waals surface area contributed by atoms with Crippen LogP contribution in [0.5, 0.6) is 5.75 Å². The number of ether oxygens (including phenoxy) is 1. The lowest BCUT2D eigenvalue weighted by Gasteiger charge is -2.06. The van der Waals surface area contributed by atoms with E-state index in [9.17, 15) is 4.79 Å². The number of nitrogens with one attached hydrogen (secondary N) is 1. The summed E-state index contributed by atoms with van der Waals surface area (Å²) < 4.78 is 5.41. The van der Waals surface area contributed by atoms with Gasteiger partial charge in [-0.1, -0.05) is 50.2 Å². The molecule has 2 aromatic rings. The monoisotopic (exact) mass is 310 g/mol. The Balaban J connectivity index is 1.79. The summed E-state index contributed by atoms with van der Waals surface area (Å²) in [4.78, 5) is 11.7. The Morgan fingerprint density at radius 3 is 2.61 bits per heavy atom. The molecule has 0 atom stereocenters. The fourth-order valence-electron chi connectivity index (χ4n) is 2.03. The summed E-state index contributed by atoms with van der Waals surface area (Å²) in [6, 6.07) is 15.7. The number of nitrogens with zero attached hydrogens (tertiary/aromatic N) is 1. The number of amides is 1. The number of carbonyl (C=O) groups excluding carboxylic acids is 1. The van der Waals surface area contributed by atoms with E-state index in [1.54, 1.807) is 6.21 Å². The number of carbonyl (C=O) groups is 1. The summed E-state index contributed by atoms with van der Waals surface area (Å²) in [6.45, 7) is 6.21. The van der Waals surface area contributed by atoms with Crippen molar-refractivity contribution < 1.29 is 9.53 Å². The van der Waals surface area contributed by atoms with Gasteiger partial charge in [0.05, 0.1) is 6.21 Å². The molecule has 4 nitrogen and oxygen atoms in total. The van der Waals surface area contributed by atoms with E-state index in [0.717, 1.165) is 11.1 Å². The first kappa shape index (κ1) is 16.7. The van der Waals surface area contributed by atoms with Gasteiger partial charge in [-0.2, -0.15) is 5.10 Å². The molecule has 0 aliphatic rings. The van der Waals surface area contributed by atoms with Crippen molar-refractivity contribution in [3.63, 3.8) is 0 Å². The fraction of sp³-hybridized carbons (Fsp3) is 0.263. The number of hydrogen-bond acceptors (Lipinski definition) is 3. The molecule has 0 spiro atoms. The Kier molecular flexibility index (Phi) is 5.92. The van der Waals surface area contributed by atoms with Gasteiger partial charge >= 0.3 is 0 Å². The lowest BCUT2D eigenvalue weighted by Crippen LogP contribution is -2.24. The van der Waals surface area contributed by atoms with Crippen LogP contribution in [0.1, 0.15) is 36.5 Å². The van der Waals surface area contributed by atoms with Crippen LogP contribution in [0.3, 0.4) is 0 Å². The van der Waals surface area contributed by atoms with Crippen molar-refractivity contribution in [1.29, 1.82) is 0 Å². The summed E-state index contributed by atoms with van der Waals surface area (Å²) >= 11 is 0. The summed E-state index contributed by atoms with van der Waals surface area (Å²) in [5.74, 6) is 0.884. The van der Waals surface area contributed by atoms with E-state index in [1.807, 2.05) is 43.3 Å². The topological polar surface area (TPSA) is 50.7 Å². The van der Waals surface area contributed by atoms with E-state index in [-0.39, 0.29) is 12.5 Å². The van der Waals surface area contributed by atoms with Crippen molar-refractivity contribution in [2.75, 3.05) is 6.61 Å². The Hall–Kier alpha value is -2.62. The van der Waals surface area contributed by atoms with E-state index in [4.69, 9.17) is 4.74 Å². The van der Waals surface area contributed by atoms with Crippen LogP contribution in [0, 0.1) is 6.92 Å². The van der Waals surface area contributed by atoms with Crippen LogP contribution in [-0.2, 0) is 4.79 Å². The van der Waals surface area contributed by atoms with Gasteiger partial charge in [0.15, 0.2) is 6.61 Å². The number of benzene rings is 2. The molecule has 2 aromatic carbocycles. The van der Waals surface area contributed by atoms with Gasteiger partial charge in [-0.15, -0.1) is 0 Å². The van der Waals surface area contributed by atoms with Gasteiger partial charge in [-0.05, 0) is 41.7 Å². The third-order valence-electron chi connectivity index (χ3n) is 3.37. The van der Waals surface area contributed by atoms with Crippen LogP contribution in [-0.4, -0.2) is 18.7 Å². The molecule has 1 N–H and O–H groups in total. The molecule has 23 heavy (non-hydrogen) atoms. The number of aryl methyl sites for hydroxylation is 1. The minimum Gasteiger partial charge on any atom is -0.484 e. The molecule has 0 radical (unpaired) electrons. The maximum atomic E-state index is 11.7. The Morgan fingerprint density at radius 2 is 1.96 bits per heavy atom. The first-order valence-electron chi connectivity index (χ1n) is 7.66. The summed E-state index contributed by atoms with van der Waals surface area (Å²) in [5, 5.41) is 3.94. The molecule has 0 saturated heterocycles. The molecule has 4 heteroatoms. The van der Waals surface area contributed by atoms with Crippen molar-refractivity contribution in [3.05, 3.63) is 65.2 Å². The molecule has 120 valence electrons. The highest BCUT2D eigenvalue weighted by atomic mass is 16.5. The predicted octanol–water partition coefficient (Wildman–Crippen LogP) is 3.65. The zero-order valence-corrected chi connectivity index (χ0v) is 13.7. The van der Waals surface area contributed by atoms with Crippen LogP contribution in [0.4, 0.5) is 0 Å². The molecule has 0 aliphatic carbocycles. The molecule has 0 unspecified atom stereocenters.